The highest BCUT2D eigenvalue weighted by molar-refractivity contribution is 6.05. The van der Waals surface area contributed by atoms with Gasteiger partial charge in [0.2, 0.25) is 0 Å². The molecule has 0 spiro atoms. The fourth-order valence-corrected chi connectivity index (χ4v) is 3.87. The lowest BCUT2D eigenvalue weighted by molar-refractivity contribution is -0.174. The first-order valence-corrected chi connectivity index (χ1v) is 10.1. The summed E-state index contributed by atoms with van der Waals surface area (Å²) in [7, 11) is 1.22. The Morgan fingerprint density at radius 1 is 1.28 bits per heavy atom. The molecular formula is C24H28N2O6. The van der Waals surface area contributed by atoms with Crippen molar-refractivity contribution in [3.8, 4) is 0 Å². The van der Waals surface area contributed by atoms with Crippen LogP contribution in [-0.2, 0) is 30.4 Å². The molecule has 1 fully saturated rings. The highest BCUT2D eigenvalue weighted by Gasteiger charge is 2.77. The summed E-state index contributed by atoms with van der Waals surface area (Å²) in [4.78, 5) is 43.0. The first-order valence-electron chi connectivity index (χ1n) is 10.1. The maximum absolute atomic E-state index is 13.4. The van der Waals surface area contributed by atoms with Crippen LogP contribution >= 0.6 is 0 Å². The number of β-lactam (4-membered cyclic amide) rings is 1. The van der Waals surface area contributed by atoms with Crippen LogP contribution < -0.4 is 0 Å². The van der Waals surface area contributed by atoms with Crippen LogP contribution in [-0.4, -0.2) is 47.2 Å². The molecule has 1 aromatic carbocycles. The van der Waals surface area contributed by atoms with Gasteiger partial charge in [-0.25, -0.2) is 16.2 Å². The number of esters is 1. The number of nitrogens with zero attached hydrogens (tertiary/aromatic N) is 2. The van der Waals surface area contributed by atoms with E-state index in [1.54, 1.807) is 32.1 Å². The molecule has 0 bridgehead atoms. The summed E-state index contributed by atoms with van der Waals surface area (Å²) in [5, 5.41) is 0. The minimum atomic E-state index is -1.76. The molecule has 170 valence electrons. The van der Waals surface area contributed by atoms with Crippen molar-refractivity contribution in [2.75, 3.05) is 7.11 Å². The van der Waals surface area contributed by atoms with E-state index in [0.717, 1.165) is 5.56 Å². The maximum Gasteiger partial charge on any atom is 0.509 e. The van der Waals surface area contributed by atoms with Crippen molar-refractivity contribution in [2.45, 2.75) is 57.9 Å². The van der Waals surface area contributed by atoms with Gasteiger partial charge in [0.25, 0.3) is 0 Å². The van der Waals surface area contributed by atoms with E-state index in [1.165, 1.54) is 25.9 Å². The minimum absolute atomic E-state index is 0.0127. The van der Waals surface area contributed by atoms with Crippen LogP contribution in [0.15, 0.2) is 54.3 Å². The van der Waals surface area contributed by atoms with Crippen molar-refractivity contribution < 1.29 is 28.6 Å². The Bertz CT molecular complexity index is 972. The van der Waals surface area contributed by atoms with E-state index in [9.17, 15) is 14.4 Å². The molecule has 0 aromatic heterocycles. The van der Waals surface area contributed by atoms with E-state index >= 15 is 0 Å². The molecule has 2 rings (SSSR count). The van der Waals surface area contributed by atoms with Crippen LogP contribution in [0.3, 0.4) is 0 Å². The SMILES string of the molecule is [C-]#[N+][C@]1(C(C)(C)OC(=O)OCc2ccccc2)C(=O)N(C(C(=O)OC)=C(C)C)[C@@H]1CC=C. The lowest BCUT2D eigenvalue weighted by Gasteiger charge is -2.52. The van der Waals surface area contributed by atoms with Gasteiger partial charge in [0, 0.05) is 0 Å². The Labute approximate surface area is 188 Å². The standard InChI is InChI=1S/C24H28N2O6/c1-8-12-18-24(25-6,21(28)26(18)19(16(2)3)20(27)30-7)23(4,5)32-22(29)31-15-17-13-10-9-11-14-17/h8-11,13-14,18H,1,12,15H2,2-5,7H3/t18-,24+/m1/s1. The molecule has 8 nitrogen and oxygen atoms in total. The molecule has 0 N–H and O–H groups in total. The maximum atomic E-state index is 13.4. The first-order chi connectivity index (χ1) is 15.1. The summed E-state index contributed by atoms with van der Waals surface area (Å²) in [6.07, 6.45) is 0.752. The van der Waals surface area contributed by atoms with Gasteiger partial charge in [-0.15, -0.1) is 6.58 Å². The summed E-state index contributed by atoms with van der Waals surface area (Å²) >= 11 is 0. The zero-order valence-electron chi connectivity index (χ0n) is 19.0. The third-order valence-corrected chi connectivity index (χ3v) is 5.45. The number of ether oxygens (including phenoxy) is 3. The van der Waals surface area contributed by atoms with Crippen molar-refractivity contribution in [1.82, 2.24) is 4.90 Å². The summed E-state index contributed by atoms with van der Waals surface area (Å²) in [5.41, 5.74) is -1.93. The summed E-state index contributed by atoms with van der Waals surface area (Å²) in [6.45, 7) is 17.9. The molecule has 0 radical (unpaired) electrons. The van der Waals surface area contributed by atoms with Gasteiger partial charge < -0.3 is 14.2 Å². The molecule has 1 aliphatic heterocycles. The quantitative estimate of drug-likeness (QED) is 0.199. The Balaban J connectivity index is 2.32. The number of amides is 1. The smallest absolute Gasteiger partial charge is 0.464 e. The third-order valence-electron chi connectivity index (χ3n) is 5.45. The van der Waals surface area contributed by atoms with Crippen LogP contribution in [0.2, 0.25) is 0 Å². The van der Waals surface area contributed by atoms with Gasteiger partial charge in [0.1, 0.15) is 18.3 Å². The summed E-state index contributed by atoms with van der Waals surface area (Å²) < 4.78 is 15.5. The Kier molecular flexibility index (Phi) is 7.47. The molecule has 0 aliphatic carbocycles. The van der Waals surface area contributed by atoms with Crippen molar-refractivity contribution in [3.05, 3.63) is 71.2 Å². The molecule has 1 aliphatic rings. The highest BCUT2D eigenvalue weighted by atomic mass is 16.7. The zero-order valence-corrected chi connectivity index (χ0v) is 19.0. The number of benzene rings is 1. The van der Waals surface area contributed by atoms with Crippen LogP contribution in [0.25, 0.3) is 4.85 Å². The lowest BCUT2D eigenvalue weighted by Crippen LogP contribution is -2.79. The zero-order chi connectivity index (χ0) is 24.1. The molecule has 0 unspecified atom stereocenters. The fourth-order valence-electron chi connectivity index (χ4n) is 3.87. The van der Waals surface area contributed by atoms with E-state index in [-0.39, 0.29) is 18.7 Å². The second-order valence-corrected chi connectivity index (χ2v) is 8.07. The normalized spacial score (nSPS) is 19.8. The largest absolute Gasteiger partial charge is 0.509 e. The van der Waals surface area contributed by atoms with Crippen LogP contribution in [0.1, 0.15) is 39.7 Å². The molecule has 1 aromatic rings. The van der Waals surface area contributed by atoms with E-state index < -0.39 is 35.2 Å². The monoisotopic (exact) mass is 440 g/mol. The van der Waals surface area contributed by atoms with Crippen LogP contribution in [0.5, 0.6) is 0 Å². The van der Waals surface area contributed by atoms with Gasteiger partial charge >= 0.3 is 23.6 Å². The number of methoxy groups -OCH3 is 1. The molecule has 1 saturated heterocycles. The average Bonchev–Trinajstić information content (AvgIpc) is 2.75. The first kappa shape index (κ1) is 24.7. The number of likely N-dealkylation sites (tertiary alicyclic amines) is 1. The molecular weight excluding hydrogens is 412 g/mol. The van der Waals surface area contributed by atoms with E-state index in [2.05, 4.69) is 11.4 Å². The number of hydrogen-bond donors (Lipinski definition) is 0. The second kappa shape index (κ2) is 9.69. The predicted octanol–water partition coefficient (Wildman–Crippen LogP) is 4.03. The Morgan fingerprint density at radius 2 is 1.91 bits per heavy atom. The number of allylic oxidation sites excluding steroid dienone is 1. The van der Waals surface area contributed by atoms with Gasteiger partial charge in [0.05, 0.1) is 7.11 Å². The van der Waals surface area contributed by atoms with E-state index in [0.29, 0.717) is 5.57 Å². The summed E-state index contributed by atoms with van der Waals surface area (Å²) in [6, 6.07) is 8.26. The topological polar surface area (TPSA) is 86.5 Å². The Morgan fingerprint density at radius 3 is 2.41 bits per heavy atom. The third kappa shape index (κ3) is 4.24. The Hall–Kier alpha value is -3.60. The molecule has 1 heterocycles. The molecule has 0 saturated carbocycles. The minimum Gasteiger partial charge on any atom is -0.464 e. The van der Waals surface area contributed by atoms with Gasteiger partial charge in [-0.2, -0.15) is 0 Å². The second-order valence-electron chi connectivity index (χ2n) is 8.07. The predicted molar refractivity (Wildman–Crippen MR) is 117 cm³/mol. The number of rotatable bonds is 8. The molecule has 1 amide bonds. The van der Waals surface area contributed by atoms with Gasteiger partial charge in [0.15, 0.2) is 5.60 Å². The average molecular weight is 440 g/mol. The lowest BCUT2D eigenvalue weighted by atomic mass is 9.66. The molecule has 8 heteroatoms. The van der Waals surface area contributed by atoms with E-state index in [1.807, 2.05) is 18.2 Å². The van der Waals surface area contributed by atoms with Gasteiger partial charge in [-0.3, -0.25) is 14.5 Å². The highest BCUT2D eigenvalue weighted by Crippen LogP contribution is 2.49. The van der Waals surface area contributed by atoms with Crippen LogP contribution in [0.4, 0.5) is 4.79 Å². The molecule has 2 atom stereocenters. The van der Waals surface area contributed by atoms with Crippen molar-refractivity contribution in [1.29, 1.82) is 0 Å². The number of carbonyl (C=O) groups is 3. The van der Waals surface area contributed by atoms with Gasteiger partial charge in [-0.05, 0) is 45.3 Å². The fraction of sp³-hybridized carbons (Fsp3) is 0.417. The van der Waals surface area contributed by atoms with Crippen molar-refractivity contribution in [2.24, 2.45) is 0 Å². The molecule has 32 heavy (non-hydrogen) atoms. The van der Waals surface area contributed by atoms with Crippen LogP contribution in [0, 0.1) is 6.57 Å². The van der Waals surface area contributed by atoms with Crippen molar-refractivity contribution >= 4 is 18.0 Å². The number of carbonyl (C=O) groups excluding carboxylic acids is 3. The van der Waals surface area contributed by atoms with Gasteiger partial charge in [-0.1, -0.05) is 36.4 Å². The van der Waals surface area contributed by atoms with Crippen molar-refractivity contribution in [3.63, 3.8) is 0 Å². The van der Waals surface area contributed by atoms with E-state index in [4.69, 9.17) is 20.8 Å². The number of hydrogen-bond acceptors (Lipinski definition) is 6. The summed E-state index contributed by atoms with van der Waals surface area (Å²) in [5.74, 6) is -1.34.